The van der Waals surface area contributed by atoms with Crippen LogP contribution in [0.2, 0.25) is 0 Å². The van der Waals surface area contributed by atoms with E-state index < -0.39 is 9.84 Å². The number of fused-ring (bicyclic) bond motifs is 1. The number of hydrogen-bond donors (Lipinski definition) is 2. The van der Waals surface area contributed by atoms with Crippen LogP contribution in [0.4, 0.5) is 5.69 Å². The summed E-state index contributed by atoms with van der Waals surface area (Å²) in [5, 5.41) is 5.18. The Morgan fingerprint density at radius 3 is 2.89 bits per heavy atom. The van der Waals surface area contributed by atoms with E-state index in [1.54, 1.807) is 31.5 Å². The van der Waals surface area contributed by atoms with E-state index in [4.69, 9.17) is 0 Å². The van der Waals surface area contributed by atoms with Gasteiger partial charge in [-0.15, -0.1) is 11.8 Å². The van der Waals surface area contributed by atoms with Gasteiger partial charge in [0.1, 0.15) is 0 Å². The first-order valence-electron chi connectivity index (χ1n) is 8.35. The van der Waals surface area contributed by atoms with Crippen LogP contribution in [0.1, 0.15) is 18.9 Å². The maximum Gasteiger partial charge on any atom is 0.237 e. The molecule has 1 aromatic carbocycles. The van der Waals surface area contributed by atoms with Gasteiger partial charge in [-0.05, 0) is 36.8 Å². The summed E-state index contributed by atoms with van der Waals surface area (Å²) < 4.78 is 25.1. The quantitative estimate of drug-likeness (QED) is 0.762. The summed E-state index contributed by atoms with van der Waals surface area (Å²) in [4.78, 5) is 28.6. The first-order valence-corrected chi connectivity index (χ1v) is 10.9. The molecule has 0 saturated carbocycles. The van der Waals surface area contributed by atoms with Crippen LogP contribution >= 0.6 is 11.8 Å². The highest BCUT2D eigenvalue weighted by Crippen LogP contribution is 2.36. The molecule has 0 aliphatic carbocycles. The van der Waals surface area contributed by atoms with Gasteiger partial charge in [0.05, 0.1) is 21.6 Å². The number of benzene rings is 1. The molecule has 1 aliphatic heterocycles. The van der Waals surface area contributed by atoms with Gasteiger partial charge in [-0.1, -0.05) is 6.07 Å². The van der Waals surface area contributed by atoms with E-state index in [2.05, 4.69) is 15.6 Å². The number of hydrogen-bond acceptors (Lipinski definition) is 6. The van der Waals surface area contributed by atoms with Crippen LogP contribution in [-0.2, 0) is 26.0 Å². The first kappa shape index (κ1) is 19.4. The molecule has 1 aliphatic rings. The summed E-state index contributed by atoms with van der Waals surface area (Å²) >= 11 is 1.39. The lowest BCUT2D eigenvalue weighted by atomic mass is 10.3. The minimum atomic E-state index is -3.64. The molecular formula is C18H19N3O4S2. The second-order valence-corrected chi connectivity index (χ2v) is 9.61. The van der Waals surface area contributed by atoms with Crippen LogP contribution in [0.15, 0.2) is 52.5 Å². The minimum Gasteiger partial charge on any atom is -0.352 e. The third-order valence-corrected chi connectivity index (χ3v) is 6.94. The van der Waals surface area contributed by atoms with Crippen LogP contribution in [0.3, 0.4) is 0 Å². The van der Waals surface area contributed by atoms with Crippen molar-refractivity contribution < 1.29 is 18.0 Å². The van der Waals surface area contributed by atoms with E-state index in [1.807, 2.05) is 6.07 Å². The molecule has 0 radical (unpaired) electrons. The molecule has 2 N–H and O–H groups in total. The lowest BCUT2D eigenvalue weighted by molar-refractivity contribution is -0.121. The van der Waals surface area contributed by atoms with Crippen molar-refractivity contribution in [2.45, 2.75) is 34.9 Å². The molecule has 0 bridgehead atoms. The first-order chi connectivity index (χ1) is 12.8. The molecule has 0 fully saturated rings. The molecule has 9 heteroatoms. The number of pyridine rings is 1. The number of nitrogens with one attached hydrogen (secondary N) is 2. The Morgan fingerprint density at radius 2 is 2.15 bits per heavy atom. The maximum absolute atomic E-state index is 12.5. The number of aromatic nitrogens is 1. The zero-order valence-corrected chi connectivity index (χ0v) is 16.3. The maximum atomic E-state index is 12.5. The van der Waals surface area contributed by atoms with Gasteiger partial charge in [0.2, 0.25) is 11.8 Å². The van der Waals surface area contributed by atoms with E-state index in [0.717, 1.165) is 10.5 Å². The Labute approximate surface area is 161 Å². The number of carbonyl (C=O) groups excluding carboxylic acids is 2. The number of amides is 2. The predicted octanol–water partition coefficient (Wildman–Crippen LogP) is 1.99. The number of rotatable bonds is 6. The Hall–Kier alpha value is -2.39. The van der Waals surface area contributed by atoms with Crippen molar-refractivity contribution in [3.8, 4) is 0 Å². The third kappa shape index (κ3) is 4.86. The van der Waals surface area contributed by atoms with E-state index >= 15 is 0 Å². The van der Waals surface area contributed by atoms with Crippen LogP contribution in [0.25, 0.3) is 0 Å². The molecule has 7 nitrogen and oxygen atoms in total. The molecule has 1 aromatic heterocycles. The summed E-state index contributed by atoms with van der Waals surface area (Å²) in [6, 6.07) is 8.24. The molecule has 2 amide bonds. The van der Waals surface area contributed by atoms with Crippen molar-refractivity contribution in [3.63, 3.8) is 0 Å². The molecule has 1 unspecified atom stereocenters. The molecule has 2 aromatic rings. The summed E-state index contributed by atoms with van der Waals surface area (Å²) in [5.41, 5.74) is 1.33. The standard InChI is InChI=1S/C18H19N3O4S2/c1-12-18(23)21-15-9-14(4-5-16(15)26-12)27(24,25)8-6-17(22)20-11-13-3-2-7-19-10-13/h2-5,7,9-10,12H,6,8,11H2,1H3,(H,20,22)(H,21,23). The smallest absolute Gasteiger partial charge is 0.237 e. The Bertz CT molecular complexity index is 962. The van der Waals surface area contributed by atoms with Crippen LogP contribution < -0.4 is 10.6 Å². The molecule has 27 heavy (non-hydrogen) atoms. The number of carbonyl (C=O) groups is 2. The predicted molar refractivity (Wildman–Crippen MR) is 103 cm³/mol. The van der Waals surface area contributed by atoms with Gasteiger partial charge < -0.3 is 10.6 Å². The van der Waals surface area contributed by atoms with Crippen LogP contribution in [-0.4, -0.2) is 36.2 Å². The minimum absolute atomic E-state index is 0.0942. The summed E-state index contributed by atoms with van der Waals surface area (Å²) in [6.45, 7) is 2.09. The molecular weight excluding hydrogens is 386 g/mol. The number of anilines is 1. The van der Waals surface area contributed by atoms with Gasteiger partial charge >= 0.3 is 0 Å². The monoisotopic (exact) mass is 405 g/mol. The number of thioether (sulfide) groups is 1. The van der Waals surface area contributed by atoms with Crippen molar-refractivity contribution in [1.82, 2.24) is 10.3 Å². The Kier molecular flexibility index (Phi) is 5.81. The summed E-state index contributed by atoms with van der Waals surface area (Å²) in [7, 11) is -3.64. The van der Waals surface area contributed by atoms with E-state index in [1.165, 1.54) is 23.9 Å². The third-order valence-electron chi connectivity index (χ3n) is 4.05. The highest BCUT2D eigenvalue weighted by molar-refractivity contribution is 8.01. The van der Waals surface area contributed by atoms with Crippen molar-refractivity contribution in [3.05, 3.63) is 48.3 Å². The van der Waals surface area contributed by atoms with Crippen molar-refractivity contribution in [2.24, 2.45) is 0 Å². The molecule has 1 atom stereocenters. The van der Waals surface area contributed by atoms with Crippen LogP contribution in [0, 0.1) is 0 Å². The zero-order valence-electron chi connectivity index (χ0n) is 14.6. The SMILES string of the molecule is CC1Sc2ccc(S(=O)(=O)CCC(=O)NCc3cccnc3)cc2NC1=O. The van der Waals surface area contributed by atoms with Crippen LogP contribution in [0.5, 0.6) is 0 Å². The van der Waals surface area contributed by atoms with Crippen molar-refractivity contribution >= 4 is 39.1 Å². The van der Waals surface area contributed by atoms with Crippen molar-refractivity contribution in [2.75, 3.05) is 11.1 Å². The fourth-order valence-corrected chi connectivity index (χ4v) is 4.71. The van der Waals surface area contributed by atoms with Crippen molar-refractivity contribution in [1.29, 1.82) is 0 Å². The molecule has 0 saturated heterocycles. The van der Waals surface area contributed by atoms with Gasteiger partial charge in [0, 0.05) is 30.3 Å². The topological polar surface area (TPSA) is 105 Å². The summed E-state index contributed by atoms with van der Waals surface area (Å²) in [5.74, 6) is -0.808. The Morgan fingerprint density at radius 1 is 1.33 bits per heavy atom. The van der Waals surface area contributed by atoms with E-state index in [0.29, 0.717) is 12.2 Å². The average Bonchev–Trinajstić information content (AvgIpc) is 2.66. The van der Waals surface area contributed by atoms with Gasteiger partial charge in [0.15, 0.2) is 9.84 Å². The normalized spacial score (nSPS) is 16.3. The highest BCUT2D eigenvalue weighted by atomic mass is 32.2. The molecule has 142 valence electrons. The van der Waals surface area contributed by atoms with Gasteiger partial charge in [-0.3, -0.25) is 14.6 Å². The summed E-state index contributed by atoms with van der Waals surface area (Å²) in [6.07, 6.45) is 3.13. The zero-order chi connectivity index (χ0) is 19.4. The van der Waals surface area contributed by atoms with E-state index in [9.17, 15) is 18.0 Å². The fraction of sp³-hybridized carbons (Fsp3) is 0.278. The van der Waals surface area contributed by atoms with Gasteiger partial charge in [-0.2, -0.15) is 0 Å². The number of sulfone groups is 1. The second kappa shape index (κ2) is 8.10. The van der Waals surface area contributed by atoms with Gasteiger partial charge in [0.25, 0.3) is 0 Å². The lowest BCUT2D eigenvalue weighted by Gasteiger charge is -2.21. The largest absolute Gasteiger partial charge is 0.352 e. The highest BCUT2D eigenvalue weighted by Gasteiger charge is 2.25. The molecule has 0 spiro atoms. The molecule has 2 heterocycles. The molecule has 3 rings (SSSR count). The van der Waals surface area contributed by atoms with E-state index in [-0.39, 0.29) is 34.1 Å². The average molecular weight is 406 g/mol. The second-order valence-electron chi connectivity index (χ2n) is 6.11. The number of nitrogens with zero attached hydrogens (tertiary/aromatic N) is 1. The Balaban J connectivity index is 1.61. The fourth-order valence-electron chi connectivity index (χ4n) is 2.52. The lowest BCUT2D eigenvalue weighted by Crippen LogP contribution is -2.27. The van der Waals surface area contributed by atoms with Gasteiger partial charge in [-0.25, -0.2) is 8.42 Å².